The van der Waals surface area contributed by atoms with Gasteiger partial charge in [0.15, 0.2) is 0 Å². The van der Waals surface area contributed by atoms with Crippen molar-refractivity contribution in [3.05, 3.63) is 101 Å². The predicted molar refractivity (Wildman–Crippen MR) is 183 cm³/mol. The first-order valence-corrected chi connectivity index (χ1v) is 17.4. The van der Waals surface area contributed by atoms with E-state index in [2.05, 4.69) is 35.5 Å². The van der Waals surface area contributed by atoms with E-state index < -0.39 is 29.1 Å². The van der Waals surface area contributed by atoms with Crippen molar-refractivity contribution in [3.8, 4) is 5.69 Å². The lowest BCUT2D eigenvalue weighted by Gasteiger charge is -2.60. The third-order valence-electron chi connectivity index (χ3n) is 12.9. The number of aromatic nitrogens is 2. The maximum atomic E-state index is 14.0. The van der Waals surface area contributed by atoms with Gasteiger partial charge in [0.2, 0.25) is 0 Å². The summed E-state index contributed by atoms with van der Waals surface area (Å²) in [6.45, 7) is 4.03. The molecule has 1 heterocycles. The van der Waals surface area contributed by atoms with Crippen molar-refractivity contribution in [1.29, 1.82) is 0 Å². The number of rotatable bonds is 6. The highest BCUT2D eigenvalue weighted by Crippen LogP contribution is 2.67. The first-order chi connectivity index (χ1) is 23.0. The second-order valence-corrected chi connectivity index (χ2v) is 15.4. The smallest absolute Gasteiger partial charge is 0.252 e. The number of benzene rings is 3. The molecule has 0 saturated heterocycles. The van der Waals surface area contributed by atoms with Crippen molar-refractivity contribution in [2.45, 2.75) is 76.5 Å². The number of nitrogens with zero attached hydrogens (tertiary/aromatic N) is 2. The molecule has 1 aromatic heterocycles. The maximum Gasteiger partial charge on any atom is 0.252 e. The first kappa shape index (κ1) is 31.4. The average Bonchev–Trinajstić information content (AvgIpc) is 3.60. The summed E-state index contributed by atoms with van der Waals surface area (Å²) in [5.74, 6) is -0.510. The van der Waals surface area contributed by atoms with E-state index in [1.54, 1.807) is 12.1 Å². The second-order valence-electron chi connectivity index (χ2n) is 15.4. The van der Waals surface area contributed by atoms with E-state index in [0.29, 0.717) is 25.7 Å². The van der Waals surface area contributed by atoms with Crippen LogP contribution in [0, 0.1) is 34.4 Å². The van der Waals surface area contributed by atoms with E-state index >= 15 is 0 Å². The van der Waals surface area contributed by atoms with Gasteiger partial charge in [-0.3, -0.25) is 4.79 Å². The Balaban J connectivity index is 1.03. The Morgan fingerprint density at radius 3 is 2.62 bits per heavy atom. The van der Waals surface area contributed by atoms with Gasteiger partial charge < -0.3 is 20.6 Å². The van der Waals surface area contributed by atoms with Crippen LogP contribution in [0.25, 0.3) is 22.5 Å². The molecule has 3 fully saturated rings. The predicted octanol–water partition coefficient (Wildman–Crippen LogP) is 5.77. The zero-order valence-corrected chi connectivity index (χ0v) is 27.6. The van der Waals surface area contributed by atoms with Gasteiger partial charge in [0.1, 0.15) is 11.4 Å². The van der Waals surface area contributed by atoms with E-state index in [-0.39, 0.29) is 35.6 Å². The molecule has 4 aliphatic rings. The molecular weight excluding hydrogens is 605 g/mol. The van der Waals surface area contributed by atoms with E-state index in [4.69, 9.17) is 0 Å². The molecule has 4 N–H and O–H groups in total. The summed E-state index contributed by atoms with van der Waals surface area (Å²) >= 11 is 0. The zero-order valence-electron chi connectivity index (χ0n) is 27.6. The molecule has 8 unspecified atom stereocenters. The summed E-state index contributed by atoms with van der Waals surface area (Å²) in [6.07, 6.45) is 7.76. The second kappa shape index (κ2) is 11.4. The van der Waals surface area contributed by atoms with Gasteiger partial charge in [0.25, 0.3) is 5.91 Å². The molecule has 4 aromatic rings. The van der Waals surface area contributed by atoms with Crippen LogP contribution in [0.3, 0.4) is 0 Å². The molecule has 48 heavy (non-hydrogen) atoms. The number of halogens is 1. The largest absolute Gasteiger partial charge is 0.394 e. The van der Waals surface area contributed by atoms with E-state index in [1.165, 1.54) is 17.7 Å². The number of hydrogen-bond donors (Lipinski definition) is 4. The number of carbonyl (C=O) groups is 1. The highest BCUT2D eigenvalue weighted by atomic mass is 19.1. The summed E-state index contributed by atoms with van der Waals surface area (Å²) in [7, 11) is 0. The Morgan fingerprint density at radius 2 is 1.85 bits per heavy atom. The fraction of sp³-hybridized carbons (Fsp3) is 0.450. The standard InChI is InChI=1S/C40H44FN3O4/c1-38-20-27-22-42-44(31-12-10-29(41)11-13-31)34(27)19-28(38)9-14-32-33-15-16-40(48,39(33,2)21-35(46)36(32)38)37(47)43-30(23-45)18-24-7-8-25-5-3-4-6-26(25)17-24/h3-8,10-13,17,19,22,30,32-33,35-36,45-46,48H,9,14-16,18,20-21,23H2,1-2H3,(H,43,47). The monoisotopic (exact) mass is 649 g/mol. The molecule has 7 nitrogen and oxygen atoms in total. The van der Waals surface area contributed by atoms with Crippen molar-refractivity contribution in [1.82, 2.24) is 15.1 Å². The molecule has 0 bridgehead atoms. The number of allylic oxidation sites excluding steroid dienone is 1. The van der Waals surface area contributed by atoms with Gasteiger partial charge in [0.05, 0.1) is 36.3 Å². The van der Waals surface area contributed by atoms with Crippen LogP contribution in [0.15, 0.2) is 78.5 Å². The van der Waals surface area contributed by atoms with Crippen LogP contribution in [0.5, 0.6) is 0 Å². The lowest BCUT2D eigenvalue weighted by molar-refractivity contribution is -0.181. The number of carbonyl (C=O) groups excluding carboxylic acids is 1. The normalized spacial score (nSPS) is 32.8. The van der Waals surface area contributed by atoms with Gasteiger partial charge in [-0.1, -0.05) is 61.9 Å². The summed E-state index contributed by atoms with van der Waals surface area (Å²) in [6, 6.07) is 20.1. The Kier molecular flexibility index (Phi) is 7.44. The van der Waals surface area contributed by atoms with Crippen LogP contribution in [0.4, 0.5) is 4.39 Å². The van der Waals surface area contributed by atoms with Gasteiger partial charge >= 0.3 is 0 Å². The van der Waals surface area contributed by atoms with Crippen LogP contribution in [-0.2, 0) is 17.6 Å². The lowest BCUT2D eigenvalue weighted by atomic mass is 9.45. The quantitative estimate of drug-likeness (QED) is 0.212. The van der Waals surface area contributed by atoms with Crippen LogP contribution in [-0.4, -0.2) is 55.4 Å². The summed E-state index contributed by atoms with van der Waals surface area (Å²) in [4.78, 5) is 14.0. The van der Waals surface area contributed by atoms with Crippen molar-refractivity contribution < 1.29 is 24.5 Å². The lowest BCUT2D eigenvalue weighted by Crippen LogP contribution is -2.64. The fourth-order valence-corrected chi connectivity index (χ4v) is 10.5. The molecule has 0 radical (unpaired) electrons. The van der Waals surface area contributed by atoms with Gasteiger partial charge in [-0.25, -0.2) is 9.07 Å². The van der Waals surface area contributed by atoms with E-state index in [0.717, 1.165) is 52.5 Å². The van der Waals surface area contributed by atoms with Crippen molar-refractivity contribution >= 4 is 22.8 Å². The van der Waals surface area contributed by atoms with Gasteiger partial charge in [0, 0.05) is 5.41 Å². The number of nitrogens with one attached hydrogen (secondary N) is 1. The Labute approximate surface area is 280 Å². The molecule has 4 aliphatic carbocycles. The zero-order chi connectivity index (χ0) is 33.4. The van der Waals surface area contributed by atoms with Crippen LogP contribution >= 0.6 is 0 Å². The highest BCUT2D eigenvalue weighted by Gasteiger charge is 2.68. The minimum Gasteiger partial charge on any atom is -0.394 e. The number of amides is 1. The van der Waals surface area contributed by atoms with Gasteiger partial charge in [-0.2, -0.15) is 5.10 Å². The van der Waals surface area contributed by atoms with Crippen molar-refractivity contribution in [2.75, 3.05) is 6.61 Å². The molecule has 3 saturated carbocycles. The number of fused-ring (bicyclic) bond motifs is 7. The van der Waals surface area contributed by atoms with Crippen LogP contribution in [0.1, 0.15) is 62.8 Å². The molecule has 250 valence electrons. The Morgan fingerprint density at radius 1 is 1.08 bits per heavy atom. The molecule has 3 aromatic carbocycles. The minimum atomic E-state index is -1.65. The van der Waals surface area contributed by atoms with E-state index in [1.807, 2.05) is 48.1 Å². The molecular formula is C40H44FN3O4. The third kappa shape index (κ3) is 4.71. The number of aliphatic hydroxyl groups is 3. The minimum absolute atomic E-state index is 0.0126. The van der Waals surface area contributed by atoms with Crippen molar-refractivity contribution in [3.63, 3.8) is 0 Å². The molecule has 8 atom stereocenters. The highest BCUT2D eigenvalue weighted by molar-refractivity contribution is 5.87. The molecule has 1 amide bonds. The van der Waals surface area contributed by atoms with Crippen LogP contribution < -0.4 is 5.32 Å². The fourth-order valence-electron chi connectivity index (χ4n) is 10.5. The van der Waals surface area contributed by atoms with E-state index in [9.17, 15) is 24.5 Å². The summed E-state index contributed by atoms with van der Waals surface area (Å²) in [5, 5.41) is 44.5. The first-order valence-electron chi connectivity index (χ1n) is 17.4. The van der Waals surface area contributed by atoms with Gasteiger partial charge in [-0.15, -0.1) is 0 Å². The Hall–Kier alpha value is -3.85. The third-order valence-corrected chi connectivity index (χ3v) is 12.9. The molecule has 0 aliphatic heterocycles. The maximum absolute atomic E-state index is 14.0. The average molecular weight is 650 g/mol. The molecule has 8 heteroatoms. The van der Waals surface area contributed by atoms with Crippen molar-refractivity contribution in [2.24, 2.45) is 28.6 Å². The molecule has 8 rings (SSSR count). The van der Waals surface area contributed by atoms with Gasteiger partial charge in [-0.05, 0) is 120 Å². The summed E-state index contributed by atoms with van der Waals surface area (Å²) < 4.78 is 15.5. The summed E-state index contributed by atoms with van der Waals surface area (Å²) in [5.41, 5.74) is 2.51. The van der Waals surface area contributed by atoms with Crippen LogP contribution in [0.2, 0.25) is 0 Å². The Bertz CT molecular complexity index is 1920. The topological polar surface area (TPSA) is 108 Å². The number of aliphatic hydroxyl groups excluding tert-OH is 2. The number of hydrogen-bond acceptors (Lipinski definition) is 5. The SMILES string of the molecule is CC12Cc3cnn(-c4ccc(F)cc4)c3C=C1CCC1C2C(O)CC2(C)C1CCC2(O)C(=O)NC(CO)Cc1ccc2ccccc2c1. The molecule has 0 spiro atoms.